The molecule has 228 valence electrons. The molecule has 0 fully saturated rings. The number of nitrogens with zero attached hydrogens (tertiary/aromatic N) is 3. The van der Waals surface area contributed by atoms with Crippen LogP contribution in [0.15, 0.2) is 164 Å². The quantitative estimate of drug-likeness (QED) is 0.192. The SMILES string of the molecule is c1ccc2cc(-c3nc(-c4ccc5ccccc5c4)nc(-c4ccc5c(-c6ccc7c(c6)sc6ccccc67)cccc5c4)n3)ccc2c1. The molecule has 2 heterocycles. The van der Waals surface area contributed by atoms with Crippen LogP contribution in [0, 0.1) is 0 Å². The van der Waals surface area contributed by atoms with Gasteiger partial charge < -0.3 is 0 Å². The summed E-state index contributed by atoms with van der Waals surface area (Å²) < 4.78 is 2.63. The summed E-state index contributed by atoms with van der Waals surface area (Å²) in [7, 11) is 0. The highest BCUT2D eigenvalue weighted by atomic mass is 32.1. The highest BCUT2D eigenvalue weighted by Gasteiger charge is 2.15. The molecular formula is C45H27N3S. The first kappa shape index (κ1) is 27.8. The molecule has 8 aromatic carbocycles. The van der Waals surface area contributed by atoms with Crippen LogP contribution in [0.25, 0.3) is 97.8 Å². The van der Waals surface area contributed by atoms with Crippen molar-refractivity contribution in [1.82, 2.24) is 15.0 Å². The van der Waals surface area contributed by atoms with Gasteiger partial charge in [0.2, 0.25) is 0 Å². The van der Waals surface area contributed by atoms with E-state index in [4.69, 9.17) is 15.0 Å². The van der Waals surface area contributed by atoms with Gasteiger partial charge in [-0.2, -0.15) is 0 Å². The van der Waals surface area contributed by atoms with E-state index < -0.39 is 0 Å². The molecule has 0 unspecified atom stereocenters. The molecule has 0 radical (unpaired) electrons. The summed E-state index contributed by atoms with van der Waals surface area (Å²) in [5.74, 6) is 1.97. The summed E-state index contributed by atoms with van der Waals surface area (Å²) in [4.78, 5) is 15.2. The fourth-order valence-electron chi connectivity index (χ4n) is 6.99. The van der Waals surface area contributed by atoms with E-state index in [2.05, 4.69) is 164 Å². The van der Waals surface area contributed by atoms with Crippen LogP contribution >= 0.6 is 11.3 Å². The molecule has 0 bridgehead atoms. The molecular weight excluding hydrogens is 615 g/mol. The van der Waals surface area contributed by atoms with Gasteiger partial charge in [-0.05, 0) is 73.8 Å². The van der Waals surface area contributed by atoms with Gasteiger partial charge in [0.15, 0.2) is 17.5 Å². The van der Waals surface area contributed by atoms with Gasteiger partial charge in [0.25, 0.3) is 0 Å². The summed E-state index contributed by atoms with van der Waals surface area (Å²) in [6, 6.07) is 58.2. The monoisotopic (exact) mass is 641 g/mol. The molecule has 0 saturated carbocycles. The third kappa shape index (κ3) is 4.85. The standard InChI is InChI=1S/C45H27N3S/c1-3-10-30-24-34(18-16-28(30)8-1)43-46-44(35-19-17-29-9-2-4-11-31(29)25-35)48-45(47-43)36-21-22-38-32(26-36)12-7-14-37(38)33-20-23-40-39-13-5-6-15-41(39)49-42(40)27-33/h1-27H. The molecule has 3 nitrogen and oxygen atoms in total. The number of hydrogen-bond acceptors (Lipinski definition) is 4. The minimum Gasteiger partial charge on any atom is -0.208 e. The molecule has 0 aliphatic heterocycles. The number of thiophene rings is 1. The zero-order valence-electron chi connectivity index (χ0n) is 26.3. The summed E-state index contributed by atoms with van der Waals surface area (Å²) in [5.41, 5.74) is 5.31. The maximum absolute atomic E-state index is 5.09. The van der Waals surface area contributed by atoms with Crippen LogP contribution in [-0.4, -0.2) is 15.0 Å². The van der Waals surface area contributed by atoms with Crippen molar-refractivity contribution in [2.24, 2.45) is 0 Å². The first-order valence-corrected chi connectivity index (χ1v) is 17.2. The second-order valence-electron chi connectivity index (χ2n) is 12.5. The second kappa shape index (κ2) is 11.2. The molecule has 0 aliphatic rings. The molecule has 0 aliphatic carbocycles. The number of rotatable bonds is 4. The highest BCUT2D eigenvalue weighted by Crippen LogP contribution is 2.38. The molecule has 10 rings (SSSR count). The number of fused-ring (bicyclic) bond motifs is 6. The number of hydrogen-bond donors (Lipinski definition) is 0. The first-order chi connectivity index (χ1) is 24.2. The van der Waals surface area contributed by atoms with Gasteiger partial charge in [-0.1, -0.05) is 133 Å². The average molecular weight is 642 g/mol. The van der Waals surface area contributed by atoms with E-state index in [9.17, 15) is 0 Å². The van der Waals surface area contributed by atoms with Gasteiger partial charge in [0, 0.05) is 36.9 Å². The fraction of sp³-hybridized carbons (Fsp3) is 0. The van der Waals surface area contributed by atoms with Crippen molar-refractivity contribution in [3.8, 4) is 45.3 Å². The Kier molecular flexibility index (Phi) is 6.36. The molecule has 2 aromatic heterocycles. The van der Waals surface area contributed by atoms with E-state index in [1.165, 1.54) is 47.5 Å². The topological polar surface area (TPSA) is 38.7 Å². The van der Waals surface area contributed by atoms with Gasteiger partial charge in [0.05, 0.1) is 0 Å². The van der Waals surface area contributed by atoms with Gasteiger partial charge in [-0.15, -0.1) is 11.3 Å². The van der Waals surface area contributed by atoms with Crippen molar-refractivity contribution in [3.05, 3.63) is 164 Å². The molecule has 10 aromatic rings. The van der Waals surface area contributed by atoms with Crippen molar-refractivity contribution in [1.29, 1.82) is 0 Å². The Morgan fingerprint density at radius 1 is 0.306 bits per heavy atom. The lowest BCUT2D eigenvalue weighted by Crippen LogP contribution is -2.00. The Balaban J connectivity index is 1.12. The molecule has 0 atom stereocenters. The van der Waals surface area contributed by atoms with Gasteiger partial charge >= 0.3 is 0 Å². The lowest BCUT2D eigenvalue weighted by atomic mass is 9.96. The first-order valence-electron chi connectivity index (χ1n) is 16.4. The van der Waals surface area contributed by atoms with Crippen molar-refractivity contribution < 1.29 is 0 Å². The van der Waals surface area contributed by atoms with Crippen molar-refractivity contribution >= 4 is 63.8 Å². The van der Waals surface area contributed by atoms with Gasteiger partial charge in [-0.3, -0.25) is 0 Å². The van der Waals surface area contributed by atoms with Crippen molar-refractivity contribution in [2.45, 2.75) is 0 Å². The van der Waals surface area contributed by atoms with Crippen molar-refractivity contribution in [3.63, 3.8) is 0 Å². The van der Waals surface area contributed by atoms with Gasteiger partial charge in [0.1, 0.15) is 0 Å². The minimum atomic E-state index is 0.653. The van der Waals surface area contributed by atoms with E-state index in [0.29, 0.717) is 17.5 Å². The molecule has 0 saturated heterocycles. The summed E-state index contributed by atoms with van der Waals surface area (Å²) >= 11 is 1.85. The Morgan fingerprint density at radius 3 is 1.47 bits per heavy atom. The zero-order valence-corrected chi connectivity index (χ0v) is 27.2. The van der Waals surface area contributed by atoms with E-state index in [1.54, 1.807) is 0 Å². The maximum atomic E-state index is 5.09. The molecule has 49 heavy (non-hydrogen) atoms. The van der Waals surface area contributed by atoms with Crippen LogP contribution in [0.3, 0.4) is 0 Å². The fourth-order valence-corrected chi connectivity index (χ4v) is 8.13. The van der Waals surface area contributed by atoms with Crippen molar-refractivity contribution in [2.75, 3.05) is 0 Å². The Bertz CT molecular complexity index is 2810. The molecule has 4 heteroatoms. The lowest BCUT2D eigenvalue weighted by Gasteiger charge is -2.11. The minimum absolute atomic E-state index is 0.653. The summed E-state index contributed by atoms with van der Waals surface area (Å²) in [6.45, 7) is 0. The third-order valence-corrected chi connectivity index (χ3v) is 10.6. The molecule has 0 spiro atoms. The van der Waals surface area contributed by atoms with Crippen LogP contribution in [-0.2, 0) is 0 Å². The van der Waals surface area contributed by atoms with Crippen LogP contribution in [0.5, 0.6) is 0 Å². The van der Waals surface area contributed by atoms with E-state index >= 15 is 0 Å². The predicted octanol–water partition coefficient (Wildman–Crippen LogP) is 12.4. The number of aromatic nitrogens is 3. The van der Waals surface area contributed by atoms with Crippen LogP contribution in [0.1, 0.15) is 0 Å². The largest absolute Gasteiger partial charge is 0.208 e. The van der Waals surface area contributed by atoms with Crippen LogP contribution < -0.4 is 0 Å². The highest BCUT2D eigenvalue weighted by molar-refractivity contribution is 7.25. The summed E-state index contributed by atoms with van der Waals surface area (Å²) in [6.07, 6.45) is 0. The normalized spacial score (nSPS) is 11.7. The molecule has 0 amide bonds. The summed E-state index contributed by atoms with van der Waals surface area (Å²) in [5, 5.41) is 9.66. The molecule has 0 N–H and O–H groups in total. The lowest BCUT2D eigenvalue weighted by molar-refractivity contribution is 1.08. The Morgan fingerprint density at radius 2 is 0.796 bits per heavy atom. The van der Waals surface area contributed by atoms with E-state index in [-0.39, 0.29) is 0 Å². The predicted molar refractivity (Wildman–Crippen MR) is 207 cm³/mol. The second-order valence-corrected chi connectivity index (χ2v) is 13.6. The third-order valence-electron chi connectivity index (χ3n) is 9.48. The van der Waals surface area contributed by atoms with Crippen LogP contribution in [0.2, 0.25) is 0 Å². The zero-order chi connectivity index (χ0) is 32.3. The maximum Gasteiger partial charge on any atom is 0.164 e. The average Bonchev–Trinajstić information content (AvgIpc) is 3.55. The Labute approximate surface area is 286 Å². The van der Waals surface area contributed by atoms with Gasteiger partial charge in [-0.25, -0.2) is 15.0 Å². The van der Waals surface area contributed by atoms with E-state index in [0.717, 1.165) is 32.8 Å². The number of benzene rings is 8. The van der Waals surface area contributed by atoms with E-state index in [1.807, 2.05) is 11.3 Å². The Hall–Kier alpha value is -6.23. The smallest absolute Gasteiger partial charge is 0.164 e. The van der Waals surface area contributed by atoms with Crippen LogP contribution in [0.4, 0.5) is 0 Å².